The minimum absolute atomic E-state index is 0.110. The molecule has 0 aliphatic rings. The minimum atomic E-state index is -0.546. The lowest BCUT2D eigenvalue weighted by atomic mass is 10.2. The number of aromatic nitrogens is 3. The Bertz CT molecular complexity index is 645. The normalized spacial score (nSPS) is 10.7. The molecule has 0 aliphatic heterocycles. The number of H-pyrrole nitrogens is 1. The summed E-state index contributed by atoms with van der Waals surface area (Å²) in [5, 5.41) is 3.79. The molecule has 2 aromatic heterocycles. The van der Waals surface area contributed by atoms with Crippen molar-refractivity contribution in [3.05, 3.63) is 43.9 Å². The Balaban J connectivity index is 2.51. The highest BCUT2D eigenvalue weighted by molar-refractivity contribution is 5.29. The second kappa shape index (κ2) is 3.93. The Labute approximate surface area is 95.9 Å². The molecule has 0 bridgehead atoms. The number of nitrogens with zero attached hydrogens (tertiary/aromatic N) is 2. The van der Waals surface area contributed by atoms with Gasteiger partial charge in [-0.3, -0.25) is 14.3 Å². The summed E-state index contributed by atoms with van der Waals surface area (Å²) in [6, 6.07) is 1.17. The van der Waals surface area contributed by atoms with Gasteiger partial charge in [0.05, 0.1) is 12.2 Å². The molecule has 0 saturated heterocycles. The summed E-state index contributed by atoms with van der Waals surface area (Å²) < 4.78 is 6.25. The Morgan fingerprint density at radius 2 is 2.18 bits per heavy atom. The van der Waals surface area contributed by atoms with E-state index >= 15 is 0 Å². The Hall–Kier alpha value is -2.31. The Morgan fingerprint density at radius 3 is 2.71 bits per heavy atom. The predicted octanol–water partition coefficient (Wildman–Crippen LogP) is -0.228. The molecular weight excluding hydrogens is 224 g/mol. The van der Waals surface area contributed by atoms with E-state index in [0.717, 1.165) is 5.56 Å². The topological polar surface area (TPSA) is 107 Å². The molecule has 0 spiro atoms. The average Bonchev–Trinajstić information content (AvgIpc) is 2.53. The zero-order valence-corrected chi connectivity index (χ0v) is 9.48. The fourth-order valence-corrected chi connectivity index (χ4v) is 1.59. The van der Waals surface area contributed by atoms with Crippen LogP contribution in [0.15, 0.2) is 20.2 Å². The van der Waals surface area contributed by atoms with Crippen molar-refractivity contribution in [2.24, 2.45) is 0 Å². The van der Waals surface area contributed by atoms with Crippen LogP contribution in [-0.2, 0) is 6.54 Å². The van der Waals surface area contributed by atoms with Gasteiger partial charge in [-0.15, -0.1) is 0 Å². The van der Waals surface area contributed by atoms with E-state index in [1.807, 2.05) is 0 Å². The van der Waals surface area contributed by atoms with Gasteiger partial charge in [-0.1, -0.05) is 5.16 Å². The summed E-state index contributed by atoms with van der Waals surface area (Å²) in [6.07, 6.45) is 0. The summed E-state index contributed by atoms with van der Waals surface area (Å²) in [5.41, 5.74) is 6.05. The Morgan fingerprint density at radius 1 is 1.47 bits per heavy atom. The molecule has 0 radical (unpaired) electrons. The van der Waals surface area contributed by atoms with Crippen LogP contribution in [0.3, 0.4) is 0 Å². The first kappa shape index (κ1) is 11.2. The van der Waals surface area contributed by atoms with Gasteiger partial charge in [0.1, 0.15) is 11.6 Å². The maximum atomic E-state index is 11.6. The smallest absolute Gasteiger partial charge is 0.330 e. The van der Waals surface area contributed by atoms with E-state index in [9.17, 15) is 9.59 Å². The van der Waals surface area contributed by atoms with Crippen LogP contribution in [0.25, 0.3) is 0 Å². The second-order valence-corrected chi connectivity index (χ2v) is 3.75. The van der Waals surface area contributed by atoms with Gasteiger partial charge in [-0.25, -0.2) is 4.79 Å². The van der Waals surface area contributed by atoms with Crippen molar-refractivity contribution in [2.45, 2.75) is 20.4 Å². The molecule has 2 heterocycles. The monoisotopic (exact) mass is 236 g/mol. The highest BCUT2D eigenvalue weighted by atomic mass is 16.5. The van der Waals surface area contributed by atoms with Crippen molar-refractivity contribution < 1.29 is 4.52 Å². The molecule has 0 amide bonds. The van der Waals surface area contributed by atoms with Gasteiger partial charge in [-0.05, 0) is 13.8 Å². The maximum absolute atomic E-state index is 11.6. The molecule has 0 atom stereocenters. The van der Waals surface area contributed by atoms with Crippen LogP contribution in [0.2, 0.25) is 0 Å². The van der Waals surface area contributed by atoms with Crippen molar-refractivity contribution in [3.63, 3.8) is 0 Å². The quantitative estimate of drug-likeness (QED) is 0.749. The van der Waals surface area contributed by atoms with Crippen molar-refractivity contribution in [1.29, 1.82) is 0 Å². The third kappa shape index (κ3) is 1.99. The summed E-state index contributed by atoms with van der Waals surface area (Å²) in [7, 11) is 0. The first-order valence-electron chi connectivity index (χ1n) is 5.00. The van der Waals surface area contributed by atoms with Crippen molar-refractivity contribution in [3.8, 4) is 0 Å². The molecule has 3 N–H and O–H groups in total. The molecule has 0 unspecified atom stereocenters. The average molecular weight is 236 g/mol. The second-order valence-electron chi connectivity index (χ2n) is 3.75. The largest absolute Gasteiger partial charge is 0.385 e. The number of hydrogen-bond acceptors (Lipinski definition) is 5. The molecule has 7 heteroatoms. The number of nitrogen functional groups attached to an aromatic ring is 1. The lowest BCUT2D eigenvalue weighted by Gasteiger charge is -2.07. The maximum Gasteiger partial charge on any atom is 0.330 e. The molecule has 90 valence electrons. The highest BCUT2D eigenvalue weighted by Crippen LogP contribution is 2.13. The fourth-order valence-electron chi connectivity index (χ4n) is 1.59. The zero-order valence-electron chi connectivity index (χ0n) is 9.48. The van der Waals surface area contributed by atoms with E-state index in [4.69, 9.17) is 10.3 Å². The van der Waals surface area contributed by atoms with Gasteiger partial charge in [0, 0.05) is 11.6 Å². The minimum Gasteiger partial charge on any atom is -0.385 e. The van der Waals surface area contributed by atoms with Crippen molar-refractivity contribution in [1.82, 2.24) is 14.7 Å². The molecule has 0 aromatic carbocycles. The van der Waals surface area contributed by atoms with Gasteiger partial charge < -0.3 is 10.3 Å². The molecule has 0 fully saturated rings. The van der Waals surface area contributed by atoms with Crippen LogP contribution in [0.4, 0.5) is 5.82 Å². The molecule has 2 aromatic rings. The van der Waals surface area contributed by atoms with Crippen LogP contribution in [0.5, 0.6) is 0 Å². The number of hydrogen-bond donors (Lipinski definition) is 2. The van der Waals surface area contributed by atoms with E-state index in [2.05, 4.69) is 10.1 Å². The first-order chi connectivity index (χ1) is 7.99. The lowest BCUT2D eigenvalue weighted by molar-refractivity contribution is 0.392. The van der Waals surface area contributed by atoms with Gasteiger partial charge >= 0.3 is 5.69 Å². The first-order valence-corrected chi connectivity index (χ1v) is 5.00. The van der Waals surface area contributed by atoms with Crippen LogP contribution in [0.1, 0.15) is 17.0 Å². The van der Waals surface area contributed by atoms with Gasteiger partial charge in [-0.2, -0.15) is 0 Å². The number of aryl methyl sites for hydroxylation is 2. The molecular formula is C10H12N4O3. The molecule has 0 saturated carbocycles. The van der Waals surface area contributed by atoms with E-state index < -0.39 is 11.2 Å². The standard InChI is InChI=1S/C10H12N4O3/c1-5-7(6(2)17-13-5)4-14-8(11)3-9(15)12-10(14)16/h3H,4,11H2,1-2H3,(H,12,15,16). The van der Waals surface area contributed by atoms with E-state index in [-0.39, 0.29) is 12.4 Å². The third-order valence-corrected chi connectivity index (χ3v) is 2.56. The highest BCUT2D eigenvalue weighted by Gasteiger charge is 2.12. The van der Waals surface area contributed by atoms with Gasteiger partial charge in [0.25, 0.3) is 5.56 Å². The Kier molecular flexibility index (Phi) is 2.58. The SMILES string of the molecule is Cc1noc(C)c1Cn1c(N)cc(=O)[nH]c1=O. The summed E-state index contributed by atoms with van der Waals surface area (Å²) in [6.45, 7) is 3.75. The van der Waals surface area contributed by atoms with Crippen LogP contribution < -0.4 is 17.0 Å². The molecule has 7 nitrogen and oxygen atoms in total. The lowest BCUT2D eigenvalue weighted by Crippen LogP contribution is -2.31. The number of anilines is 1. The number of rotatable bonds is 2. The number of nitrogens with two attached hydrogens (primary N) is 1. The molecule has 0 aliphatic carbocycles. The summed E-state index contributed by atoms with van der Waals surface area (Å²) >= 11 is 0. The fraction of sp³-hybridized carbons (Fsp3) is 0.300. The van der Waals surface area contributed by atoms with Crippen molar-refractivity contribution in [2.75, 3.05) is 5.73 Å². The van der Waals surface area contributed by atoms with Gasteiger partial charge in [0.2, 0.25) is 0 Å². The third-order valence-electron chi connectivity index (χ3n) is 2.56. The predicted molar refractivity (Wildman–Crippen MR) is 60.8 cm³/mol. The number of nitrogens with one attached hydrogen (secondary N) is 1. The summed E-state index contributed by atoms with van der Waals surface area (Å²) in [4.78, 5) is 24.8. The van der Waals surface area contributed by atoms with E-state index in [1.165, 1.54) is 10.6 Å². The van der Waals surface area contributed by atoms with Crippen molar-refractivity contribution >= 4 is 5.82 Å². The number of aromatic amines is 1. The van der Waals surface area contributed by atoms with Crippen LogP contribution in [0, 0.1) is 13.8 Å². The summed E-state index contributed by atoms with van der Waals surface area (Å²) in [5.74, 6) is 0.735. The molecule has 2 rings (SSSR count). The van der Waals surface area contributed by atoms with Crippen LogP contribution in [-0.4, -0.2) is 14.7 Å². The molecule has 17 heavy (non-hydrogen) atoms. The van der Waals surface area contributed by atoms with Gasteiger partial charge in [0.15, 0.2) is 0 Å². The van der Waals surface area contributed by atoms with E-state index in [0.29, 0.717) is 11.5 Å². The zero-order chi connectivity index (χ0) is 12.6. The van der Waals surface area contributed by atoms with E-state index in [1.54, 1.807) is 13.8 Å². The van der Waals surface area contributed by atoms with Crippen LogP contribution >= 0.6 is 0 Å².